The summed E-state index contributed by atoms with van der Waals surface area (Å²) in [6.45, 7) is 3.75. The Labute approximate surface area is 129 Å². The zero-order valence-corrected chi connectivity index (χ0v) is 12.5. The second kappa shape index (κ2) is 5.85. The number of esters is 1. The lowest BCUT2D eigenvalue weighted by atomic mass is 10.1. The van der Waals surface area contributed by atoms with E-state index >= 15 is 0 Å². The van der Waals surface area contributed by atoms with Crippen LogP contribution < -0.4 is 4.74 Å². The molecule has 0 fully saturated rings. The van der Waals surface area contributed by atoms with Crippen LogP contribution in [0, 0.1) is 13.8 Å². The van der Waals surface area contributed by atoms with Gasteiger partial charge in [-0.1, -0.05) is 36.4 Å². The van der Waals surface area contributed by atoms with E-state index in [-0.39, 0.29) is 5.97 Å². The molecule has 110 valence electrons. The van der Waals surface area contributed by atoms with Crippen molar-refractivity contribution in [3.8, 4) is 11.6 Å². The van der Waals surface area contributed by atoms with Crippen LogP contribution in [0.15, 0.2) is 60.7 Å². The highest BCUT2D eigenvalue weighted by Gasteiger charge is 2.15. The molecule has 0 aliphatic rings. The van der Waals surface area contributed by atoms with Crippen molar-refractivity contribution in [2.24, 2.45) is 0 Å². The summed E-state index contributed by atoms with van der Waals surface area (Å²) in [4.78, 5) is 12.4. The van der Waals surface area contributed by atoms with Gasteiger partial charge in [-0.25, -0.2) is 9.48 Å². The third kappa shape index (κ3) is 2.76. The SMILES string of the molecule is Cc1cc(OC(=O)c2ccccc2C)n(-c2ccccc2)n1. The average Bonchev–Trinajstić information content (AvgIpc) is 2.89. The van der Waals surface area contributed by atoms with Gasteiger partial charge >= 0.3 is 5.97 Å². The minimum absolute atomic E-state index is 0.379. The van der Waals surface area contributed by atoms with Crippen LogP contribution in [0.4, 0.5) is 0 Å². The number of carbonyl (C=O) groups excluding carboxylic acids is 1. The zero-order chi connectivity index (χ0) is 15.5. The molecule has 0 bridgehead atoms. The lowest BCUT2D eigenvalue weighted by molar-refractivity contribution is 0.0722. The van der Waals surface area contributed by atoms with Crippen molar-refractivity contribution in [3.63, 3.8) is 0 Å². The summed E-state index contributed by atoms with van der Waals surface area (Å²) in [6.07, 6.45) is 0. The summed E-state index contributed by atoms with van der Waals surface area (Å²) in [6, 6.07) is 18.7. The van der Waals surface area contributed by atoms with E-state index in [2.05, 4.69) is 5.10 Å². The Morgan fingerprint density at radius 1 is 1.00 bits per heavy atom. The molecule has 0 saturated heterocycles. The first-order valence-corrected chi connectivity index (χ1v) is 7.05. The van der Waals surface area contributed by atoms with E-state index in [1.807, 2.05) is 62.4 Å². The summed E-state index contributed by atoms with van der Waals surface area (Å²) in [7, 11) is 0. The third-order valence-corrected chi connectivity index (χ3v) is 3.36. The molecule has 1 aromatic heterocycles. The largest absolute Gasteiger partial charge is 0.404 e. The number of aryl methyl sites for hydroxylation is 2. The standard InChI is InChI=1S/C18H16N2O2/c1-13-8-6-7-11-16(13)18(21)22-17-12-14(2)19-20(17)15-9-4-3-5-10-15/h3-12H,1-2H3. The molecule has 0 amide bonds. The van der Waals surface area contributed by atoms with Crippen LogP contribution in [-0.2, 0) is 0 Å². The smallest absolute Gasteiger partial charge is 0.345 e. The van der Waals surface area contributed by atoms with Gasteiger partial charge in [-0.3, -0.25) is 0 Å². The molecule has 1 heterocycles. The molecular formula is C18H16N2O2. The number of benzene rings is 2. The van der Waals surface area contributed by atoms with Crippen molar-refractivity contribution in [1.29, 1.82) is 0 Å². The first kappa shape index (κ1) is 14.1. The number of hydrogen-bond acceptors (Lipinski definition) is 3. The lowest BCUT2D eigenvalue weighted by Crippen LogP contribution is -2.13. The second-order valence-electron chi connectivity index (χ2n) is 5.08. The van der Waals surface area contributed by atoms with Crippen molar-refractivity contribution < 1.29 is 9.53 Å². The summed E-state index contributed by atoms with van der Waals surface area (Å²) >= 11 is 0. The Hall–Kier alpha value is -2.88. The molecule has 2 aromatic carbocycles. The van der Waals surface area contributed by atoms with Gasteiger partial charge in [-0.2, -0.15) is 5.10 Å². The molecule has 0 spiro atoms. The first-order chi connectivity index (χ1) is 10.6. The Kier molecular flexibility index (Phi) is 3.74. The highest BCUT2D eigenvalue weighted by Crippen LogP contribution is 2.21. The molecule has 0 atom stereocenters. The number of nitrogens with zero attached hydrogens (tertiary/aromatic N) is 2. The maximum Gasteiger partial charge on any atom is 0.345 e. The van der Waals surface area contributed by atoms with E-state index in [0.29, 0.717) is 11.4 Å². The Morgan fingerprint density at radius 3 is 2.41 bits per heavy atom. The molecule has 4 heteroatoms. The van der Waals surface area contributed by atoms with E-state index in [1.165, 1.54) is 0 Å². The van der Waals surface area contributed by atoms with Gasteiger partial charge in [0.1, 0.15) is 0 Å². The second-order valence-corrected chi connectivity index (χ2v) is 5.08. The molecular weight excluding hydrogens is 276 g/mol. The predicted octanol–water partition coefficient (Wildman–Crippen LogP) is 3.71. The fraction of sp³-hybridized carbons (Fsp3) is 0.111. The summed E-state index contributed by atoms with van der Waals surface area (Å²) in [5.41, 5.74) is 3.08. The van der Waals surface area contributed by atoms with Gasteiger partial charge in [0.05, 0.1) is 16.9 Å². The van der Waals surface area contributed by atoms with Gasteiger partial charge in [0, 0.05) is 6.07 Å². The number of hydrogen-bond donors (Lipinski definition) is 0. The molecule has 0 N–H and O–H groups in total. The van der Waals surface area contributed by atoms with Gasteiger partial charge in [0.2, 0.25) is 5.88 Å². The number of carbonyl (C=O) groups is 1. The Balaban J connectivity index is 1.94. The lowest BCUT2D eigenvalue weighted by Gasteiger charge is -2.09. The van der Waals surface area contributed by atoms with E-state index in [9.17, 15) is 4.79 Å². The fourth-order valence-electron chi connectivity index (χ4n) is 2.25. The van der Waals surface area contributed by atoms with Crippen LogP contribution in [0.5, 0.6) is 5.88 Å². The number of aromatic nitrogens is 2. The maximum atomic E-state index is 12.4. The van der Waals surface area contributed by atoms with E-state index in [4.69, 9.17) is 4.74 Å². The summed E-state index contributed by atoms with van der Waals surface area (Å²) in [5, 5.41) is 4.39. The third-order valence-electron chi connectivity index (χ3n) is 3.36. The number of ether oxygens (including phenoxy) is 1. The molecule has 3 aromatic rings. The highest BCUT2D eigenvalue weighted by molar-refractivity contribution is 5.92. The molecule has 4 nitrogen and oxygen atoms in total. The maximum absolute atomic E-state index is 12.4. The van der Waals surface area contributed by atoms with Crippen LogP contribution in [0.3, 0.4) is 0 Å². The van der Waals surface area contributed by atoms with Crippen LogP contribution in [0.1, 0.15) is 21.6 Å². The molecule has 0 aliphatic heterocycles. The number of para-hydroxylation sites is 1. The van der Waals surface area contributed by atoms with Crippen molar-refractivity contribution in [2.45, 2.75) is 13.8 Å². The monoisotopic (exact) mass is 292 g/mol. The molecule has 0 unspecified atom stereocenters. The summed E-state index contributed by atoms with van der Waals surface area (Å²) in [5.74, 6) is 0.0344. The van der Waals surface area contributed by atoms with E-state index in [0.717, 1.165) is 16.9 Å². The van der Waals surface area contributed by atoms with Crippen LogP contribution in [0.2, 0.25) is 0 Å². The van der Waals surface area contributed by atoms with Crippen molar-refractivity contribution in [1.82, 2.24) is 9.78 Å². The zero-order valence-electron chi connectivity index (χ0n) is 12.5. The Morgan fingerprint density at radius 2 is 1.68 bits per heavy atom. The normalized spacial score (nSPS) is 10.5. The highest BCUT2D eigenvalue weighted by atomic mass is 16.5. The van der Waals surface area contributed by atoms with Gasteiger partial charge in [-0.05, 0) is 37.6 Å². The topological polar surface area (TPSA) is 44.1 Å². The van der Waals surface area contributed by atoms with Gasteiger partial charge in [0.25, 0.3) is 0 Å². The molecule has 0 aliphatic carbocycles. The average molecular weight is 292 g/mol. The fourth-order valence-corrected chi connectivity index (χ4v) is 2.25. The van der Waals surface area contributed by atoms with Crippen LogP contribution in [-0.4, -0.2) is 15.7 Å². The van der Waals surface area contributed by atoms with Crippen LogP contribution in [0.25, 0.3) is 5.69 Å². The minimum Gasteiger partial charge on any atom is -0.404 e. The van der Waals surface area contributed by atoms with Gasteiger partial charge in [0.15, 0.2) is 0 Å². The van der Waals surface area contributed by atoms with Crippen LogP contribution >= 0.6 is 0 Å². The molecule has 22 heavy (non-hydrogen) atoms. The molecule has 3 rings (SSSR count). The molecule has 0 radical (unpaired) electrons. The van der Waals surface area contributed by atoms with Crippen molar-refractivity contribution in [3.05, 3.63) is 77.5 Å². The number of rotatable bonds is 3. The Bertz CT molecular complexity index is 807. The van der Waals surface area contributed by atoms with Gasteiger partial charge in [-0.15, -0.1) is 0 Å². The van der Waals surface area contributed by atoms with Crippen molar-refractivity contribution in [2.75, 3.05) is 0 Å². The van der Waals surface area contributed by atoms with Crippen molar-refractivity contribution >= 4 is 5.97 Å². The van der Waals surface area contributed by atoms with E-state index < -0.39 is 0 Å². The molecule has 0 saturated carbocycles. The first-order valence-electron chi connectivity index (χ1n) is 7.05. The quantitative estimate of drug-likeness (QED) is 0.691. The minimum atomic E-state index is -0.379. The van der Waals surface area contributed by atoms with Gasteiger partial charge < -0.3 is 4.74 Å². The summed E-state index contributed by atoms with van der Waals surface area (Å²) < 4.78 is 7.18. The predicted molar refractivity (Wildman–Crippen MR) is 84.4 cm³/mol. The van der Waals surface area contributed by atoms with E-state index in [1.54, 1.807) is 16.8 Å².